The van der Waals surface area contributed by atoms with Crippen LogP contribution in [0.2, 0.25) is 0 Å². The van der Waals surface area contributed by atoms with E-state index in [2.05, 4.69) is 0 Å². The minimum absolute atomic E-state index is 0.288. The van der Waals surface area contributed by atoms with E-state index >= 15 is 0 Å². The van der Waals surface area contributed by atoms with Crippen LogP contribution in [0.4, 0.5) is 4.79 Å². The van der Waals surface area contributed by atoms with Crippen molar-refractivity contribution in [3.63, 3.8) is 0 Å². The molecule has 5 heteroatoms. The van der Waals surface area contributed by atoms with Crippen molar-refractivity contribution < 1.29 is 13.9 Å². The number of amides is 1. The van der Waals surface area contributed by atoms with Gasteiger partial charge in [-0.2, -0.15) is 0 Å². The number of carbonyl (C=O) groups excluding carboxylic acids is 1. The third-order valence-electron chi connectivity index (χ3n) is 2.24. The summed E-state index contributed by atoms with van der Waals surface area (Å²) >= 11 is 0. The van der Waals surface area contributed by atoms with Gasteiger partial charge in [-0.3, -0.25) is 4.90 Å². The maximum atomic E-state index is 11.1. The molecule has 0 atom stereocenters. The molecule has 14 heavy (non-hydrogen) atoms. The maximum Gasteiger partial charge on any atom is 0.410 e. The van der Waals surface area contributed by atoms with Gasteiger partial charge < -0.3 is 14.9 Å². The van der Waals surface area contributed by atoms with Gasteiger partial charge in [-0.15, -0.1) is 0 Å². The summed E-state index contributed by atoms with van der Waals surface area (Å²) in [7, 11) is 0. The normalized spacial score (nSPS) is 16.1. The zero-order valence-corrected chi connectivity index (χ0v) is 7.73. The quantitative estimate of drug-likeness (QED) is 0.772. The van der Waals surface area contributed by atoms with Gasteiger partial charge in [-0.25, -0.2) is 4.79 Å². The Balaban J connectivity index is 2.06. The van der Waals surface area contributed by atoms with E-state index in [1.807, 2.05) is 6.07 Å². The summed E-state index contributed by atoms with van der Waals surface area (Å²) in [4.78, 5) is 12.7. The van der Waals surface area contributed by atoms with Crippen LogP contribution in [0.25, 0.3) is 0 Å². The summed E-state index contributed by atoms with van der Waals surface area (Å²) in [6, 6.07) is 1.82. The van der Waals surface area contributed by atoms with Gasteiger partial charge >= 0.3 is 6.09 Å². The van der Waals surface area contributed by atoms with Crippen LogP contribution >= 0.6 is 0 Å². The van der Waals surface area contributed by atoms with E-state index < -0.39 is 0 Å². The van der Waals surface area contributed by atoms with Gasteiger partial charge in [0.15, 0.2) is 0 Å². The molecule has 0 unspecified atom stereocenters. The van der Waals surface area contributed by atoms with E-state index in [9.17, 15) is 4.79 Å². The fourth-order valence-corrected chi connectivity index (χ4v) is 1.43. The molecule has 0 spiro atoms. The lowest BCUT2D eigenvalue weighted by Crippen LogP contribution is -2.23. The van der Waals surface area contributed by atoms with E-state index in [1.165, 1.54) is 0 Å². The molecular weight excluding hydrogens is 184 g/mol. The van der Waals surface area contributed by atoms with Crippen LogP contribution in [0.1, 0.15) is 11.3 Å². The Labute approximate surface area is 81.4 Å². The molecule has 0 bridgehead atoms. The number of carbonyl (C=O) groups is 1. The number of hydrogen-bond acceptors (Lipinski definition) is 4. The van der Waals surface area contributed by atoms with Crippen LogP contribution < -0.4 is 5.73 Å². The second-order valence-electron chi connectivity index (χ2n) is 3.11. The topological polar surface area (TPSA) is 68.7 Å². The number of nitrogens with zero attached hydrogens (tertiary/aromatic N) is 1. The predicted molar refractivity (Wildman–Crippen MR) is 48.4 cm³/mol. The monoisotopic (exact) mass is 196 g/mol. The second kappa shape index (κ2) is 3.71. The standard InChI is InChI=1S/C9H12N2O3/c10-5-7-1-3-13-8(7)6-11-2-4-14-9(11)12/h1,3H,2,4-6,10H2. The fraction of sp³-hybridized carbons (Fsp3) is 0.444. The van der Waals surface area contributed by atoms with Crippen molar-refractivity contribution in [2.45, 2.75) is 13.1 Å². The average molecular weight is 196 g/mol. The summed E-state index contributed by atoms with van der Waals surface area (Å²) < 4.78 is 10.0. The molecule has 0 aliphatic carbocycles. The molecule has 1 aromatic rings. The highest BCUT2D eigenvalue weighted by Crippen LogP contribution is 2.15. The zero-order valence-electron chi connectivity index (χ0n) is 7.73. The van der Waals surface area contributed by atoms with Gasteiger partial charge in [0.2, 0.25) is 0 Å². The van der Waals surface area contributed by atoms with Crippen LogP contribution in [0, 0.1) is 0 Å². The first kappa shape index (κ1) is 9.08. The first-order valence-electron chi connectivity index (χ1n) is 4.48. The van der Waals surface area contributed by atoms with E-state index in [-0.39, 0.29) is 6.09 Å². The SMILES string of the molecule is NCc1ccoc1CN1CCOC1=O. The Bertz CT molecular complexity index is 335. The summed E-state index contributed by atoms with van der Waals surface area (Å²) in [6.07, 6.45) is 1.29. The largest absolute Gasteiger partial charge is 0.467 e. The van der Waals surface area contributed by atoms with Crippen molar-refractivity contribution in [1.82, 2.24) is 4.90 Å². The molecule has 0 radical (unpaired) electrons. The molecule has 1 aliphatic heterocycles. The zero-order chi connectivity index (χ0) is 9.97. The van der Waals surface area contributed by atoms with Crippen LogP contribution in [-0.2, 0) is 17.8 Å². The number of furan rings is 1. The molecule has 1 fully saturated rings. The highest BCUT2D eigenvalue weighted by atomic mass is 16.6. The van der Waals surface area contributed by atoms with E-state index in [4.69, 9.17) is 14.9 Å². The summed E-state index contributed by atoms with van der Waals surface area (Å²) in [6.45, 7) is 1.94. The lowest BCUT2D eigenvalue weighted by molar-refractivity contribution is 0.155. The fourth-order valence-electron chi connectivity index (χ4n) is 1.43. The minimum atomic E-state index is -0.288. The van der Waals surface area contributed by atoms with Crippen LogP contribution in [0.15, 0.2) is 16.7 Å². The summed E-state index contributed by atoms with van der Waals surface area (Å²) in [5.41, 5.74) is 6.44. The van der Waals surface area contributed by atoms with Crippen molar-refractivity contribution in [2.75, 3.05) is 13.2 Å². The molecule has 1 aliphatic rings. The minimum Gasteiger partial charge on any atom is -0.467 e. The van der Waals surface area contributed by atoms with Crippen molar-refractivity contribution >= 4 is 6.09 Å². The molecule has 0 saturated carbocycles. The highest BCUT2D eigenvalue weighted by molar-refractivity contribution is 5.69. The van der Waals surface area contributed by atoms with Gasteiger partial charge in [-0.1, -0.05) is 0 Å². The van der Waals surface area contributed by atoms with Crippen LogP contribution in [0.5, 0.6) is 0 Å². The van der Waals surface area contributed by atoms with E-state index in [1.54, 1.807) is 11.2 Å². The van der Waals surface area contributed by atoms with E-state index in [0.29, 0.717) is 26.2 Å². The Morgan fingerprint density at radius 2 is 2.43 bits per heavy atom. The predicted octanol–water partition coefficient (Wildman–Crippen LogP) is 0.691. The molecule has 2 rings (SSSR count). The number of nitrogens with two attached hydrogens (primary N) is 1. The Hall–Kier alpha value is -1.49. The third kappa shape index (κ3) is 1.58. The van der Waals surface area contributed by atoms with Gasteiger partial charge in [0.1, 0.15) is 12.4 Å². The Morgan fingerprint density at radius 3 is 3.07 bits per heavy atom. The van der Waals surface area contributed by atoms with Gasteiger partial charge in [0.25, 0.3) is 0 Å². The number of cyclic esters (lactones) is 1. The Kier molecular flexibility index (Phi) is 2.41. The number of rotatable bonds is 3. The van der Waals surface area contributed by atoms with Crippen molar-refractivity contribution in [3.05, 3.63) is 23.7 Å². The highest BCUT2D eigenvalue weighted by Gasteiger charge is 2.23. The molecule has 76 valence electrons. The van der Waals surface area contributed by atoms with Crippen LogP contribution in [-0.4, -0.2) is 24.1 Å². The lowest BCUT2D eigenvalue weighted by Gasteiger charge is -2.10. The summed E-state index contributed by atoms with van der Waals surface area (Å²) in [5, 5.41) is 0. The molecule has 1 saturated heterocycles. The molecule has 2 heterocycles. The lowest BCUT2D eigenvalue weighted by atomic mass is 10.2. The first-order chi connectivity index (χ1) is 6.81. The molecular formula is C9H12N2O3. The average Bonchev–Trinajstić information content (AvgIpc) is 2.77. The molecule has 0 aromatic carbocycles. The van der Waals surface area contributed by atoms with Crippen molar-refractivity contribution in [3.8, 4) is 0 Å². The Morgan fingerprint density at radius 1 is 1.57 bits per heavy atom. The van der Waals surface area contributed by atoms with Crippen molar-refractivity contribution in [2.24, 2.45) is 5.73 Å². The van der Waals surface area contributed by atoms with Gasteiger partial charge in [0.05, 0.1) is 19.4 Å². The summed E-state index contributed by atoms with van der Waals surface area (Å²) in [5.74, 6) is 0.742. The maximum absolute atomic E-state index is 11.1. The first-order valence-corrected chi connectivity index (χ1v) is 4.48. The molecule has 1 amide bonds. The smallest absolute Gasteiger partial charge is 0.410 e. The van der Waals surface area contributed by atoms with Gasteiger partial charge in [-0.05, 0) is 6.07 Å². The third-order valence-corrected chi connectivity index (χ3v) is 2.24. The molecule has 2 N–H and O–H groups in total. The van der Waals surface area contributed by atoms with E-state index in [0.717, 1.165) is 11.3 Å². The van der Waals surface area contributed by atoms with Crippen molar-refractivity contribution in [1.29, 1.82) is 0 Å². The molecule has 5 nitrogen and oxygen atoms in total. The number of ether oxygens (including phenoxy) is 1. The van der Waals surface area contributed by atoms with Crippen LogP contribution in [0.3, 0.4) is 0 Å². The van der Waals surface area contributed by atoms with Gasteiger partial charge in [0, 0.05) is 12.1 Å². The number of hydrogen-bond donors (Lipinski definition) is 1. The molecule has 1 aromatic heterocycles. The second-order valence-corrected chi connectivity index (χ2v) is 3.11.